The van der Waals surface area contributed by atoms with E-state index in [0.717, 1.165) is 5.52 Å². The molecule has 3 heterocycles. The van der Waals surface area contributed by atoms with Crippen molar-refractivity contribution in [1.82, 2.24) is 24.6 Å². The summed E-state index contributed by atoms with van der Waals surface area (Å²) < 4.78 is 7.56. The number of nitrogens with zero attached hydrogens (tertiary/aromatic N) is 5. The van der Waals surface area contributed by atoms with Gasteiger partial charge in [-0.25, -0.2) is 4.79 Å². The molecular weight excluding hydrogens is 320 g/mol. The minimum absolute atomic E-state index is 0.0771. The molecule has 0 radical (unpaired) electrons. The number of hydrogen-bond donors (Lipinski definition) is 1. The highest BCUT2D eigenvalue weighted by Crippen LogP contribution is 2.20. The molecule has 0 spiro atoms. The topological polar surface area (TPSA) is 85.2 Å². The molecule has 8 heteroatoms. The van der Waals surface area contributed by atoms with E-state index in [1.54, 1.807) is 23.5 Å². The fraction of sp³-hybridized carbons (Fsp3) is 0.294. The van der Waals surface area contributed by atoms with Crippen LogP contribution in [-0.4, -0.2) is 56.5 Å². The lowest BCUT2D eigenvalue weighted by Gasteiger charge is -2.33. The molecule has 0 bridgehead atoms. The quantitative estimate of drug-likeness (QED) is 0.786. The molecule has 8 nitrogen and oxygen atoms in total. The van der Waals surface area contributed by atoms with Crippen LogP contribution >= 0.6 is 0 Å². The van der Waals surface area contributed by atoms with E-state index in [0.29, 0.717) is 37.4 Å². The Kier molecular flexibility index (Phi) is 4.26. The van der Waals surface area contributed by atoms with Crippen LogP contribution in [0.3, 0.4) is 0 Å². The summed E-state index contributed by atoms with van der Waals surface area (Å²) in [6, 6.07) is 7.26. The molecule has 1 fully saturated rings. The molecule has 128 valence electrons. The molecule has 3 aromatic rings. The molecule has 25 heavy (non-hydrogen) atoms. The molecule has 1 saturated heterocycles. The lowest BCUT2D eigenvalue weighted by atomic mass is 10.2. The Bertz CT molecular complexity index is 861. The van der Waals surface area contributed by atoms with Crippen LogP contribution in [0.2, 0.25) is 0 Å². The molecule has 4 rings (SSSR count). The van der Waals surface area contributed by atoms with Gasteiger partial charge in [-0.2, -0.15) is 5.10 Å². The molecule has 2 aromatic heterocycles. The zero-order chi connectivity index (χ0) is 17.1. The minimum Gasteiger partial charge on any atom is -0.373 e. The summed E-state index contributed by atoms with van der Waals surface area (Å²) in [4.78, 5) is 23.0. The van der Waals surface area contributed by atoms with Crippen LogP contribution in [0.15, 0.2) is 49.1 Å². The second kappa shape index (κ2) is 6.86. The van der Waals surface area contributed by atoms with Crippen molar-refractivity contribution >= 4 is 22.8 Å². The first-order valence-corrected chi connectivity index (χ1v) is 8.14. The van der Waals surface area contributed by atoms with E-state index in [1.807, 2.05) is 35.1 Å². The summed E-state index contributed by atoms with van der Waals surface area (Å²) in [7, 11) is 0. The summed E-state index contributed by atoms with van der Waals surface area (Å²) >= 11 is 0. The number of morpholine rings is 1. The third kappa shape index (κ3) is 3.43. The van der Waals surface area contributed by atoms with Gasteiger partial charge in [0.2, 0.25) is 0 Å². The number of ether oxygens (including phenoxy) is 1. The van der Waals surface area contributed by atoms with Crippen LogP contribution in [0.5, 0.6) is 0 Å². The van der Waals surface area contributed by atoms with Crippen molar-refractivity contribution in [3.63, 3.8) is 0 Å². The standard InChI is InChI=1S/C17H18N6O2/c24-17(21-15-4-1-3-14-16(15)19-7-6-18-14)22-9-10-25-13(11-22)12-23-8-2-5-20-23/h1-8,13H,9-12H2,(H,21,24). The van der Waals surface area contributed by atoms with Gasteiger partial charge in [0.25, 0.3) is 0 Å². The number of urea groups is 1. The third-order valence-electron chi connectivity index (χ3n) is 4.12. The number of carbonyl (C=O) groups excluding carboxylic acids is 1. The zero-order valence-electron chi connectivity index (χ0n) is 13.6. The maximum absolute atomic E-state index is 12.6. The van der Waals surface area contributed by atoms with Crippen LogP contribution < -0.4 is 5.32 Å². The normalized spacial score (nSPS) is 17.6. The van der Waals surface area contributed by atoms with Crippen LogP contribution in [-0.2, 0) is 11.3 Å². The van der Waals surface area contributed by atoms with Gasteiger partial charge in [-0.1, -0.05) is 6.07 Å². The smallest absolute Gasteiger partial charge is 0.322 e. The lowest BCUT2D eigenvalue weighted by molar-refractivity contribution is -0.0219. The predicted molar refractivity (Wildman–Crippen MR) is 92.1 cm³/mol. The van der Waals surface area contributed by atoms with E-state index >= 15 is 0 Å². The average molecular weight is 338 g/mol. The van der Waals surface area contributed by atoms with Crippen LogP contribution in [0.4, 0.5) is 10.5 Å². The highest BCUT2D eigenvalue weighted by molar-refractivity contribution is 5.98. The molecule has 1 aliphatic heterocycles. The summed E-state index contributed by atoms with van der Waals surface area (Å²) in [5.74, 6) is 0. The fourth-order valence-electron chi connectivity index (χ4n) is 2.92. The third-order valence-corrected chi connectivity index (χ3v) is 4.12. The minimum atomic E-state index is -0.160. The predicted octanol–water partition coefficient (Wildman–Crippen LogP) is 1.76. The van der Waals surface area contributed by atoms with E-state index in [-0.39, 0.29) is 12.1 Å². The first-order valence-electron chi connectivity index (χ1n) is 8.14. The molecule has 1 N–H and O–H groups in total. The zero-order valence-corrected chi connectivity index (χ0v) is 13.6. The van der Waals surface area contributed by atoms with Gasteiger partial charge in [0.1, 0.15) is 5.52 Å². The number of nitrogens with one attached hydrogen (secondary N) is 1. The van der Waals surface area contributed by atoms with Gasteiger partial charge in [0, 0.05) is 31.3 Å². The maximum Gasteiger partial charge on any atom is 0.322 e. The van der Waals surface area contributed by atoms with Crippen LogP contribution in [0, 0.1) is 0 Å². The molecule has 1 aromatic carbocycles. The van der Waals surface area contributed by atoms with E-state index in [9.17, 15) is 4.79 Å². The molecule has 1 atom stereocenters. The van der Waals surface area contributed by atoms with Gasteiger partial charge < -0.3 is 15.0 Å². The Morgan fingerprint density at radius 1 is 1.24 bits per heavy atom. The van der Waals surface area contributed by atoms with Crippen molar-refractivity contribution in [1.29, 1.82) is 0 Å². The Labute approximate surface area is 144 Å². The SMILES string of the molecule is O=C(Nc1cccc2nccnc12)N1CCOC(Cn2cccn2)C1. The second-order valence-electron chi connectivity index (χ2n) is 5.83. The lowest BCUT2D eigenvalue weighted by Crippen LogP contribution is -2.48. The van der Waals surface area contributed by atoms with Gasteiger partial charge >= 0.3 is 6.03 Å². The molecule has 0 aliphatic carbocycles. The Morgan fingerprint density at radius 2 is 2.16 bits per heavy atom. The van der Waals surface area contributed by atoms with E-state index < -0.39 is 0 Å². The van der Waals surface area contributed by atoms with E-state index in [4.69, 9.17) is 4.74 Å². The Hall–Kier alpha value is -3.00. The van der Waals surface area contributed by atoms with Gasteiger partial charge in [0.05, 0.1) is 37.0 Å². The number of carbonyl (C=O) groups is 1. The van der Waals surface area contributed by atoms with Gasteiger partial charge in [0.15, 0.2) is 0 Å². The fourth-order valence-corrected chi connectivity index (χ4v) is 2.92. The number of rotatable bonds is 3. The van der Waals surface area contributed by atoms with E-state index in [1.165, 1.54) is 0 Å². The van der Waals surface area contributed by atoms with Crippen molar-refractivity contribution in [2.75, 3.05) is 25.0 Å². The number of aromatic nitrogens is 4. The summed E-state index contributed by atoms with van der Waals surface area (Å²) in [5.41, 5.74) is 2.09. The highest BCUT2D eigenvalue weighted by atomic mass is 16.5. The van der Waals surface area contributed by atoms with Crippen molar-refractivity contribution < 1.29 is 9.53 Å². The number of hydrogen-bond acceptors (Lipinski definition) is 5. The monoisotopic (exact) mass is 338 g/mol. The van der Waals surface area contributed by atoms with Crippen LogP contribution in [0.25, 0.3) is 11.0 Å². The second-order valence-corrected chi connectivity index (χ2v) is 5.83. The highest BCUT2D eigenvalue weighted by Gasteiger charge is 2.25. The molecule has 1 unspecified atom stereocenters. The first-order chi connectivity index (χ1) is 12.3. The van der Waals surface area contributed by atoms with E-state index in [2.05, 4.69) is 20.4 Å². The van der Waals surface area contributed by atoms with Crippen molar-refractivity contribution in [3.8, 4) is 0 Å². The van der Waals surface area contributed by atoms with Gasteiger partial charge in [-0.15, -0.1) is 0 Å². The maximum atomic E-state index is 12.6. The van der Waals surface area contributed by atoms with Gasteiger partial charge in [-0.05, 0) is 18.2 Å². The Morgan fingerprint density at radius 3 is 3.04 bits per heavy atom. The number of benzene rings is 1. The number of para-hydroxylation sites is 1. The number of fused-ring (bicyclic) bond motifs is 1. The number of amides is 2. The van der Waals surface area contributed by atoms with Crippen molar-refractivity contribution in [3.05, 3.63) is 49.1 Å². The van der Waals surface area contributed by atoms with Crippen LogP contribution in [0.1, 0.15) is 0 Å². The van der Waals surface area contributed by atoms with Gasteiger partial charge in [-0.3, -0.25) is 14.6 Å². The van der Waals surface area contributed by atoms with Crippen molar-refractivity contribution in [2.24, 2.45) is 0 Å². The molecular formula is C17H18N6O2. The van der Waals surface area contributed by atoms with Crippen molar-refractivity contribution in [2.45, 2.75) is 12.6 Å². The summed E-state index contributed by atoms with van der Waals surface area (Å²) in [5, 5.41) is 7.13. The number of anilines is 1. The molecule has 2 amide bonds. The summed E-state index contributed by atoms with van der Waals surface area (Å²) in [6.07, 6.45) is 6.79. The first kappa shape index (κ1) is 15.5. The molecule has 0 saturated carbocycles. The Balaban J connectivity index is 1.45. The summed E-state index contributed by atoms with van der Waals surface area (Å²) in [6.45, 7) is 2.20. The average Bonchev–Trinajstić information content (AvgIpc) is 3.15. The molecule has 1 aliphatic rings. The largest absolute Gasteiger partial charge is 0.373 e.